The number of hydrogen-bond acceptors (Lipinski definition) is 4. The van der Waals surface area contributed by atoms with Crippen LogP contribution in [0.3, 0.4) is 0 Å². The average molecular weight is 342 g/mol. The summed E-state index contributed by atoms with van der Waals surface area (Å²) in [4.78, 5) is 14.5. The minimum Gasteiger partial charge on any atom is -0.497 e. The summed E-state index contributed by atoms with van der Waals surface area (Å²) in [6.07, 6.45) is 1.83. The van der Waals surface area contributed by atoms with E-state index in [0.29, 0.717) is 0 Å². The van der Waals surface area contributed by atoms with E-state index < -0.39 is 0 Å². The lowest BCUT2D eigenvalue weighted by molar-refractivity contribution is -0.120. The van der Waals surface area contributed by atoms with Crippen molar-refractivity contribution in [1.82, 2.24) is 5.32 Å². The Bertz CT molecular complexity index is 665. The van der Waals surface area contributed by atoms with Crippen LogP contribution >= 0.6 is 11.8 Å². The van der Waals surface area contributed by atoms with Crippen molar-refractivity contribution in [2.24, 2.45) is 5.92 Å². The van der Waals surface area contributed by atoms with Crippen LogP contribution in [0.2, 0.25) is 0 Å². The van der Waals surface area contributed by atoms with E-state index in [0.717, 1.165) is 47.2 Å². The SMILES string of the molecule is COc1ccc(Sc2ccc(NC(=O)C3CCNCC3)cc2)cc1. The Morgan fingerprint density at radius 1 is 1.04 bits per heavy atom. The largest absolute Gasteiger partial charge is 0.497 e. The first kappa shape index (κ1) is 16.9. The zero-order valence-electron chi connectivity index (χ0n) is 13.7. The van der Waals surface area contributed by atoms with Gasteiger partial charge in [0.2, 0.25) is 5.91 Å². The van der Waals surface area contributed by atoms with E-state index in [-0.39, 0.29) is 11.8 Å². The summed E-state index contributed by atoms with van der Waals surface area (Å²) < 4.78 is 5.17. The summed E-state index contributed by atoms with van der Waals surface area (Å²) in [6.45, 7) is 1.85. The van der Waals surface area contributed by atoms with Gasteiger partial charge in [0.05, 0.1) is 7.11 Å². The van der Waals surface area contributed by atoms with Gasteiger partial charge in [0.1, 0.15) is 5.75 Å². The van der Waals surface area contributed by atoms with Crippen molar-refractivity contribution in [2.45, 2.75) is 22.6 Å². The molecule has 0 saturated carbocycles. The first-order valence-corrected chi connectivity index (χ1v) is 9.00. The fourth-order valence-corrected chi connectivity index (χ4v) is 3.53. The molecule has 126 valence electrons. The summed E-state index contributed by atoms with van der Waals surface area (Å²) >= 11 is 1.69. The van der Waals surface area contributed by atoms with E-state index in [1.165, 1.54) is 0 Å². The van der Waals surface area contributed by atoms with Gasteiger partial charge in [-0.2, -0.15) is 0 Å². The maximum atomic E-state index is 12.2. The second-order valence-corrected chi connectivity index (χ2v) is 6.96. The summed E-state index contributed by atoms with van der Waals surface area (Å²) in [5.74, 6) is 1.11. The third kappa shape index (κ3) is 4.52. The van der Waals surface area contributed by atoms with Gasteiger partial charge < -0.3 is 15.4 Å². The first-order chi connectivity index (χ1) is 11.7. The number of ether oxygens (including phenoxy) is 1. The first-order valence-electron chi connectivity index (χ1n) is 8.18. The Morgan fingerprint density at radius 3 is 2.21 bits per heavy atom. The summed E-state index contributed by atoms with van der Waals surface area (Å²) in [6, 6.07) is 16.0. The Morgan fingerprint density at radius 2 is 1.62 bits per heavy atom. The summed E-state index contributed by atoms with van der Waals surface area (Å²) in [7, 11) is 1.67. The predicted octanol–water partition coefficient (Wildman–Crippen LogP) is 3.78. The number of amides is 1. The van der Waals surface area contributed by atoms with E-state index in [1.807, 2.05) is 48.5 Å². The highest BCUT2D eigenvalue weighted by atomic mass is 32.2. The molecule has 0 aromatic heterocycles. The summed E-state index contributed by atoms with van der Waals surface area (Å²) in [5, 5.41) is 6.31. The lowest BCUT2D eigenvalue weighted by Crippen LogP contribution is -2.34. The molecule has 0 unspecified atom stereocenters. The van der Waals surface area contributed by atoms with Gasteiger partial charge in [0, 0.05) is 21.4 Å². The smallest absolute Gasteiger partial charge is 0.227 e. The molecule has 1 aliphatic rings. The van der Waals surface area contributed by atoms with Gasteiger partial charge in [-0.15, -0.1) is 0 Å². The standard InChI is InChI=1S/C19H22N2O2S/c1-23-16-4-8-18(9-5-16)24-17-6-2-15(3-7-17)21-19(22)14-10-12-20-13-11-14/h2-9,14,20H,10-13H2,1H3,(H,21,22). The highest BCUT2D eigenvalue weighted by Crippen LogP contribution is 2.30. The van der Waals surface area contributed by atoms with E-state index in [4.69, 9.17) is 4.74 Å². The molecule has 0 aliphatic carbocycles. The number of benzene rings is 2. The third-order valence-corrected chi connectivity index (χ3v) is 5.14. The molecule has 2 aromatic carbocycles. The number of carbonyl (C=O) groups is 1. The number of methoxy groups -OCH3 is 1. The second-order valence-electron chi connectivity index (χ2n) is 5.82. The number of anilines is 1. The zero-order chi connectivity index (χ0) is 16.8. The van der Waals surface area contributed by atoms with E-state index >= 15 is 0 Å². The molecule has 0 spiro atoms. The van der Waals surface area contributed by atoms with Crippen molar-refractivity contribution in [1.29, 1.82) is 0 Å². The normalized spacial score (nSPS) is 15.0. The molecule has 0 radical (unpaired) electrons. The minimum absolute atomic E-state index is 0.125. The van der Waals surface area contributed by atoms with E-state index in [1.54, 1.807) is 18.9 Å². The summed E-state index contributed by atoms with van der Waals surface area (Å²) in [5.41, 5.74) is 0.859. The molecule has 1 saturated heterocycles. The Balaban J connectivity index is 1.57. The maximum absolute atomic E-state index is 12.2. The van der Waals surface area contributed by atoms with Gasteiger partial charge in [0.25, 0.3) is 0 Å². The molecular formula is C19H22N2O2S. The fraction of sp³-hybridized carbons (Fsp3) is 0.316. The van der Waals surface area contributed by atoms with Crippen LogP contribution in [0.4, 0.5) is 5.69 Å². The van der Waals surface area contributed by atoms with Crippen molar-refractivity contribution in [3.05, 3.63) is 48.5 Å². The Hall–Kier alpha value is -1.98. The van der Waals surface area contributed by atoms with Crippen LogP contribution in [-0.2, 0) is 4.79 Å². The van der Waals surface area contributed by atoms with Crippen LogP contribution in [0.25, 0.3) is 0 Å². The van der Waals surface area contributed by atoms with Crippen LogP contribution in [0, 0.1) is 5.92 Å². The topological polar surface area (TPSA) is 50.4 Å². The number of nitrogens with one attached hydrogen (secondary N) is 2. The molecule has 2 aromatic rings. The Labute approximate surface area is 147 Å². The van der Waals surface area contributed by atoms with Gasteiger partial charge in [-0.3, -0.25) is 4.79 Å². The number of hydrogen-bond donors (Lipinski definition) is 2. The van der Waals surface area contributed by atoms with Crippen LogP contribution in [-0.4, -0.2) is 26.1 Å². The number of piperidine rings is 1. The van der Waals surface area contributed by atoms with Gasteiger partial charge in [-0.25, -0.2) is 0 Å². The number of carbonyl (C=O) groups excluding carboxylic acids is 1. The molecule has 1 heterocycles. The molecule has 24 heavy (non-hydrogen) atoms. The molecule has 0 atom stereocenters. The van der Waals surface area contributed by atoms with Crippen LogP contribution in [0.5, 0.6) is 5.75 Å². The van der Waals surface area contributed by atoms with Crippen LogP contribution in [0.15, 0.2) is 58.3 Å². The van der Waals surface area contributed by atoms with Crippen molar-refractivity contribution in [2.75, 3.05) is 25.5 Å². The van der Waals surface area contributed by atoms with Crippen LogP contribution in [0.1, 0.15) is 12.8 Å². The molecular weight excluding hydrogens is 320 g/mol. The van der Waals surface area contributed by atoms with Crippen molar-refractivity contribution in [3.63, 3.8) is 0 Å². The van der Waals surface area contributed by atoms with Gasteiger partial charge in [-0.05, 0) is 74.5 Å². The molecule has 3 rings (SSSR count). The zero-order valence-corrected chi connectivity index (χ0v) is 14.6. The van der Waals surface area contributed by atoms with Gasteiger partial charge in [-0.1, -0.05) is 11.8 Å². The molecule has 5 heteroatoms. The van der Waals surface area contributed by atoms with Gasteiger partial charge >= 0.3 is 0 Å². The van der Waals surface area contributed by atoms with Crippen molar-refractivity contribution >= 4 is 23.4 Å². The quantitative estimate of drug-likeness (QED) is 0.868. The van der Waals surface area contributed by atoms with Crippen LogP contribution < -0.4 is 15.4 Å². The van der Waals surface area contributed by atoms with E-state index in [9.17, 15) is 4.79 Å². The molecule has 0 bridgehead atoms. The number of rotatable bonds is 5. The predicted molar refractivity (Wildman–Crippen MR) is 97.8 cm³/mol. The second kappa shape index (κ2) is 8.22. The van der Waals surface area contributed by atoms with Crippen molar-refractivity contribution < 1.29 is 9.53 Å². The minimum atomic E-state index is 0.125. The Kier molecular flexibility index (Phi) is 5.77. The monoisotopic (exact) mass is 342 g/mol. The lowest BCUT2D eigenvalue weighted by atomic mass is 9.97. The lowest BCUT2D eigenvalue weighted by Gasteiger charge is -2.21. The van der Waals surface area contributed by atoms with Crippen molar-refractivity contribution in [3.8, 4) is 5.75 Å². The molecule has 1 aliphatic heterocycles. The maximum Gasteiger partial charge on any atom is 0.227 e. The highest BCUT2D eigenvalue weighted by molar-refractivity contribution is 7.99. The highest BCUT2D eigenvalue weighted by Gasteiger charge is 2.20. The molecule has 4 nitrogen and oxygen atoms in total. The molecule has 1 amide bonds. The third-order valence-electron chi connectivity index (χ3n) is 4.13. The van der Waals surface area contributed by atoms with E-state index in [2.05, 4.69) is 10.6 Å². The van der Waals surface area contributed by atoms with Gasteiger partial charge in [0.15, 0.2) is 0 Å². The molecule has 1 fully saturated rings. The fourth-order valence-electron chi connectivity index (χ4n) is 2.71. The average Bonchev–Trinajstić information content (AvgIpc) is 2.65. The molecule has 2 N–H and O–H groups in total.